The molecule has 3 N–H and O–H groups in total. The van der Waals surface area contributed by atoms with Gasteiger partial charge in [-0.15, -0.1) is 0 Å². The zero-order chi connectivity index (χ0) is 15.5. The number of fused-ring (bicyclic) bond motifs is 1. The zero-order valence-electron chi connectivity index (χ0n) is 11.7. The summed E-state index contributed by atoms with van der Waals surface area (Å²) in [5.41, 5.74) is 1.84. The molecule has 2 aromatic carbocycles. The van der Waals surface area contributed by atoms with Gasteiger partial charge in [0.2, 0.25) is 0 Å². The third-order valence-corrected chi connectivity index (χ3v) is 3.54. The number of amides is 1. The monoisotopic (exact) mass is 298 g/mol. The van der Waals surface area contributed by atoms with Gasteiger partial charge in [-0.25, -0.2) is 4.39 Å². The second kappa shape index (κ2) is 5.99. The molecule has 1 amide bonds. The van der Waals surface area contributed by atoms with E-state index in [1.807, 2.05) is 18.2 Å². The largest absolute Gasteiger partial charge is 0.387 e. The van der Waals surface area contributed by atoms with Crippen LogP contribution in [-0.4, -0.2) is 22.5 Å². The van der Waals surface area contributed by atoms with Gasteiger partial charge in [0, 0.05) is 18.1 Å². The van der Waals surface area contributed by atoms with Gasteiger partial charge in [0.15, 0.2) is 0 Å². The molecule has 0 saturated carbocycles. The fraction of sp³-hybridized carbons (Fsp3) is 0.118. The van der Waals surface area contributed by atoms with E-state index in [1.165, 1.54) is 24.3 Å². The minimum Gasteiger partial charge on any atom is -0.387 e. The van der Waals surface area contributed by atoms with Crippen LogP contribution in [0.3, 0.4) is 0 Å². The second-order valence-corrected chi connectivity index (χ2v) is 5.02. The molecule has 0 radical (unpaired) electrons. The number of hydrogen-bond donors (Lipinski definition) is 3. The molecule has 1 unspecified atom stereocenters. The number of halogens is 1. The first kappa shape index (κ1) is 14.3. The molecule has 0 bridgehead atoms. The molecular weight excluding hydrogens is 283 g/mol. The van der Waals surface area contributed by atoms with Crippen molar-refractivity contribution in [3.05, 3.63) is 71.7 Å². The number of aromatic amines is 1. The highest BCUT2D eigenvalue weighted by Crippen LogP contribution is 2.17. The molecular formula is C17H15FN2O2. The predicted molar refractivity (Wildman–Crippen MR) is 82.0 cm³/mol. The molecule has 0 aliphatic heterocycles. The number of hydrogen-bond acceptors (Lipinski definition) is 2. The Kier molecular flexibility index (Phi) is 3.89. The summed E-state index contributed by atoms with van der Waals surface area (Å²) in [4.78, 5) is 15.3. The number of nitrogens with one attached hydrogen (secondary N) is 2. The summed E-state index contributed by atoms with van der Waals surface area (Å²) in [6.07, 6.45) is 0.891. The summed E-state index contributed by atoms with van der Waals surface area (Å²) in [5, 5.41) is 13.7. The fourth-order valence-electron chi connectivity index (χ4n) is 2.36. The molecule has 112 valence electrons. The third kappa shape index (κ3) is 2.84. The quantitative estimate of drug-likeness (QED) is 0.693. The van der Waals surface area contributed by atoms with Gasteiger partial charge in [-0.1, -0.05) is 24.3 Å². The Balaban J connectivity index is 1.69. The van der Waals surface area contributed by atoms with Crippen LogP contribution in [-0.2, 0) is 0 Å². The highest BCUT2D eigenvalue weighted by molar-refractivity contribution is 6.05. The van der Waals surface area contributed by atoms with E-state index in [0.29, 0.717) is 11.1 Å². The van der Waals surface area contributed by atoms with Gasteiger partial charge < -0.3 is 15.4 Å². The van der Waals surface area contributed by atoms with Crippen molar-refractivity contribution in [3.8, 4) is 0 Å². The number of carbonyl (C=O) groups excluding carboxylic acids is 1. The van der Waals surface area contributed by atoms with Gasteiger partial charge >= 0.3 is 0 Å². The normalized spacial score (nSPS) is 12.3. The molecule has 0 aliphatic carbocycles. The number of rotatable bonds is 4. The van der Waals surface area contributed by atoms with Crippen LogP contribution in [0.15, 0.2) is 54.7 Å². The molecule has 1 heterocycles. The Labute approximate surface area is 126 Å². The van der Waals surface area contributed by atoms with Crippen LogP contribution in [0, 0.1) is 5.82 Å². The molecule has 3 rings (SSSR count). The molecule has 22 heavy (non-hydrogen) atoms. The molecule has 5 heteroatoms. The topological polar surface area (TPSA) is 65.1 Å². The number of aliphatic hydroxyl groups is 1. The van der Waals surface area contributed by atoms with E-state index in [2.05, 4.69) is 10.3 Å². The van der Waals surface area contributed by atoms with Gasteiger partial charge in [0.25, 0.3) is 5.91 Å². The van der Waals surface area contributed by atoms with Crippen LogP contribution >= 0.6 is 0 Å². The summed E-state index contributed by atoms with van der Waals surface area (Å²) in [6, 6.07) is 12.9. The Morgan fingerprint density at radius 3 is 2.73 bits per heavy atom. The summed E-state index contributed by atoms with van der Waals surface area (Å²) < 4.78 is 12.8. The van der Waals surface area contributed by atoms with Crippen molar-refractivity contribution in [1.82, 2.24) is 10.3 Å². The van der Waals surface area contributed by atoms with Crippen LogP contribution in [0.5, 0.6) is 0 Å². The molecule has 4 nitrogen and oxygen atoms in total. The van der Waals surface area contributed by atoms with E-state index in [4.69, 9.17) is 0 Å². The summed E-state index contributed by atoms with van der Waals surface area (Å²) in [7, 11) is 0. The first-order valence-electron chi connectivity index (χ1n) is 6.93. The lowest BCUT2D eigenvalue weighted by atomic mass is 10.1. The maximum atomic E-state index is 12.8. The molecule has 3 aromatic rings. The molecule has 1 atom stereocenters. The smallest absolute Gasteiger partial charge is 0.253 e. The van der Waals surface area contributed by atoms with Gasteiger partial charge in [-0.3, -0.25) is 4.79 Å². The molecule has 0 aliphatic rings. The lowest BCUT2D eigenvalue weighted by molar-refractivity contribution is 0.0917. The zero-order valence-corrected chi connectivity index (χ0v) is 11.7. The maximum absolute atomic E-state index is 12.8. The van der Waals surface area contributed by atoms with Crippen molar-refractivity contribution in [2.75, 3.05) is 6.54 Å². The average Bonchev–Trinajstić information content (AvgIpc) is 3.01. The molecule has 1 aromatic heterocycles. The highest BCUT2D eigenvalue weighted by atomic mass is 19.1. The minimum absolute atomic E-state index is 0.0571. The molecule has 0 saturated heterocycles. The molecule has 0 spiro atoms. The SMILES string of the molecule is O=C(NCC(O)c1ccc(F)cc1)c1cccc2cc[nH]c12. The summed E-state index contributed by atoms with van der Waals surface area (Å²) in [5.74, 6) is -0.632. The van der Waals surface area contributed by atoms with Crippen molar-refractivity contribution < 1.29 is 14.3 Å². The van der Waals surface area contributed by atoms with E-state index in [-0.39, 0.29) is 18.3 Å². The van der Waals surface area contributed by atoms with Crippen LogP contribution in [0.25, 0.3) is 10.9 Å². The number of benzene rings is 2. The van der Waals surface area contributed by atoms with Crippen molar-refractivity contribution in [3.63, 3.8) is 0 Å². The van der Waals surface area contributed by atoms with Gasteiger partial charge in [-0.05, 0) is 29.8 Å². The van der Waals surface area contributed by atoms with Crippen molar-refractivity contribution in [2.24, 2.45) is 0 Å². The van der Waals surface area contributed by atoms with Crippen LogP contribution in [0.4, 0.5) is 4.39 Å². The average molecular weight is 298 g/mol. The Morgan fingerprint density at radius 2 is 1.95 bits per heavy atom. The van der Waals surface area contributed by atoms with E-state index >= 15 is 0 Å². The number of para-hydroxylation sites is 1. The Bertz CT molecular complexity index is 796. The number of aromatic nitrogens is 1. The number of aliphatic hydroxyl groups excluding tert-OH is 1. The number of H-pyrrole nitrogens is 1. The van der Waals surface area contributed by atoms with E-state index in [9.17, 15) is 14.3 Å². The summed E-state index contributed by atoms with van der Waals surface area (Å²) >= 11 is 0. The Morgan fingerprint density at radius 1 is 1.18 bits per heavy atom. The van der Waals surface area contributed by atoms with Crippen molar-refractivity contribution in [2.45, 2.75) is 6.10 Å². The van der Waals surface area contributed by atoms with Crippen LogP contribution in [0.1, 0.15) is 22.0 Å². The predicted octanol–water partition coefficient (Wildman–Crippen LogP) is 2.77. The summed E-state index contributed by atoms with van der Waals surface area (Å²) in [6.45, 7) is 0.0571. The standard InChI is InChI=1S/C17H15FN2O2/c18-13-6-4-11(5-7-13)15(21)10-20-17(22)14-3-1-2-12-8-9-19-16(12)14/h1-9,15,19,21H,10H2,(H,20,22). The van der Waals surface area contributed by atoms with Gasteiger partial charge in [-0.2, -0.15) is 0 Å². The van der Waals surface area contributed by atoms with E-state index in [0.717, 1.165) is 10.9 Å². The van der Waals surface area contributed by atoms with E-state index in [1.54, 1.807) is 12.3 Å². The van der Waals surface area contributed by atoms with Crippen molar-refractivity contribution in [1.29, 1.82) is 0 Å². The second-order valence-electron chi connectivity index (χ2n) is 5.02. The molecule has 0 fully saturated rings. The lowest BCUT2D eigenvalue weighted by Gasteiger charge is -2.12. The van der Waals surface area contributed by atoms with Crippen LogP contribution < -0.4 is 5.32 Å². The fourth-order valence-corrected chi connectivity index (χ4v) is 2.36. The first-order valence-corrected chi connectivity index (χ1v) is 6.93. The minimum atomic E-state index is -0.882. The first-order chi connectivity index (χ1) is 10.6. The van der Waals surface area contributed by atoms with Crippen LogP contribution in [0.2, 0.25) is 0 Å². The highest BCUT2D eigenvalue weighted by Gasteiger charge is 2.13. The Hall–Kier alpha value is -2.66. The van der Waals surface area contributed by atoms with Gasteiger partial charge in [0.05, 0.1) is 17.2 Å². The van der Waals surface area contributed by atoms with Gasteiger partial charge in [0.1, 0.15) is 5.82 Å². The van der Waals surface area contributed by atoms with Crippen molar-refractivity contribution >= 4 is 16.8 Å². The number of carbonyl (C=O) groups is 1. The maximum Gasteiger partial charge on any atom is 0.253 e. The third-order valence-electron chi connectivity index (χ3n) is 3.54. The lowest BCUT2D eigenvalue weighted by Crippen LogP contribution is -2.28. The van der Waals surface area contributed by atoms with E-state index < -0.39 is 6.10 Å².